The summed E-state index contributed by atoms with van der Waals surface area (Å²) in [6, 6.07) is 7.90. The Bertz CT molecular complexity index is 559. The van der Waals surface area contributed by atoms with Gasteiger partial charge in [-0.15, -0.1) is 0 Å². The third kappa shape index (κ3) is 4.13. The van der Waals surface area contributed by atoms with Crippen LogP contribution in [0.4, 0.5) is 0 Å². The first-order valence-corrected chi connectivity index (χ1v) is 9.00. The molecule has 5 nitrogen and oxygen atoms in total. The minimum Gasteiger partial charge on any atom is -0.496 e. The highest BCUT2D eigenvalue weighted by atomic mass is 31.2. The monoisotopic (exact) mass is 326 g/mol. The standard InChI is InChI=1S/C16H23O5P/c1-4-19-22(17,20-5-2)21-14-11-10-13(12-14)15-8-6-7-9-16(15)18-3/h6-9,12-13H,4-5,10-11H2,1-3H3. The molecule has 0 N–H and O–H groups in total. The predicted molar refractivity (Wildman–Crippen MR) is 85.0 cm³/mol. The molecule has 0 amide bonds. The molecular formula is C16H23O5P. The summed E-state index contributed by atoms with van der Waals surface area (Å²) in [6.07, 6.45) is 3.56. The molecule has 1 aromatic carbocycles. The van der Waals surface area contributed by atoms with E-state index in [9.17, 15) is 4.57 Å². The lowest BCUT2D eigenvalue weighted by molar-refractivity contribution is 0.144. The Morgan fingerprint density at radius 1 is 1.18 bits per heavy atom. The van der Waals surface area contributed by atoms with Crippen LogP contribution in [0.1, 0.15) is 38.2 Å². The van der Waals surface area contributed by atoms with Crippen LogP contribution in [0.25, 0.3) is 0 Å². The van der Waals surface area contributed by atoms with Crippen molar-refractivity contribution in [3.8, 4) is 5.75 Å². The second-order valence-corrected chi connectivity index (χ2v) is 6.49. The van der Waals surface area contributed by atoms with Crippen molar-refractivity contribution in [3.05, 3.63) is 41.7 Å². The number of benzene rings is 1. The van der Waals surface area contributed by atoms with Crippen molar-refractivity contribution < 1.29 is 22.9 Å². The van der Waals surface area contributed by atoms with Crippen LogP contribution in [0.2, 0.25) is 0 Å². The van der Waals surface area contributed by atoms with Gasteiger partial charge in [-0.25, -0.2) is 4.57 Å². The number of rotatable bonds is 8. The van der Waals surface area contributed by atoms with Crippen molar-refractivity contribution in [2.24, 2.45) is 0 Å². The largest absolute Gasteiger partial charge is 0.529 e. The Kier molecular flexibility index (Phi) is 6.07. The maximum absolute atomic E-state index is 12.4. The second-order valence-electron chi connectivity index (χ2n) is 4.89. The third-order valence-corrected chi connectivity index (χ3v) is 5.04. The van der Waals surface area contributed by atoms with Gasteiger partial charge in [0.1, 0.15) is 11.5 Å². The Morgan fingerprint density at radius 3 is 2.50 bits per heavy atom. The van der Waals surface area contributed by atoms with Crippen molar-refractivity contribution in [2.75, 3.05) is 20.3 Å². The van der Waals surface area contributed by atoms with E-state index in [1.807, 2.05) is 30.3 Å². The van der Waals surface area contributed by atoms with E-state index in [0.717, 1.165) is 17.7 Å². The highest BCUT2D eigenvalue weighted by Gasteiger charge is 2.31. The summed E-state index contributed by atoms with van der Waals surface area (Å²) in [5.74, 6) is 1.69. The van der Waals surface area contributed by atoms with Crippen LogP contribution in [0, 0.1) is 0 Å². The molecule has 0 spiro atoms. The van der Waals surface area contributed by atoms with E-state index in [1.165, 1.54) is 0 Å². The Balaban J connectivity index is 2.13. The van der Waals surface area contributed by atoms with Gasteiger partial charge in [0.25, 0.3) is 0 Å². The number of phosphoric ester groups is 1. The number of allylic oxidation sites excluding steroid dienone is 2. The van der Waals surface area contributed by atoms with Gasteiger partial charge in [-0.3, -0.25) is 9.05 Å². The van der Waals surface area contributed by atoms with Crippen molar-refractivity contribution in [2.45, 2.75) is 32.6 Å². The zero-order valence-electron chi connectivity index (χ0n) is 13.3. The summed E-state index contributed by atoms with van der Waals surface area (Å²) in [6.45, 7) is 4.08. The molecule has 0 radical (unpaired) electrons. The summed E-state index contributed by atoms with van der Waals surface area (Å²) >= 11 is 0. The first kappa shape index (κ1) is 17.1. The number of ether oxygens (including phenoxy) is 1. The lowest BCUT2D eigenvalue weighted by Crippen LogP contribution is -1.99. The lowest BCUT2D eigenvalue weighted by atomic mass is 9.98. The predicted octanol–water partition coefficient (Wildman–Crippen LogP) is 4.65. The first-order valence-electron chi connectivity index (χ1n) is 7.54. The molecule has 0 saturated carbocycles. The first-order chi connectivity index (χ1) is 10.6. The molecule has 0 aromatic heterocycles. The van der Waals surface area contributed by atoms with Crippen LogP contribution in [0.15, 0.2) is 36.1 Å². The zero-order valence-corrected chi connectivity index (χ0v) is 14.2. The molecule has 0 fully saturated rings. The Hall–Kier alpha value is -1.29. The van der Waals surface area contributed by atoms with Crippen LogP contribution < -0.4 is 4.74 Å². The van der Waals surface area contributed by atoms with Crippen LogP contribution in [0.3, 0.4) is 0 Å². The van der Waals surface area contributed by atoms with Gasteiger partial charge in [-0.1, -0.05) is 18.2 Å². The molecule has 2 rings (SSSR count). The van der Waals surface area contributed by atoms with Gasteiger partial charge in [0.2, 0.25) is 0 Å². The van der Waals surface area contributed by atoms with Crippen molar-refractivity contribution in [3.63, 3.8) is 0 Å². The Labute approximate surface area is 131 Å². The molecule has 122 valence electrons. The van der Waals surface area contributed by atoms with E-state index < -0.39 is 7.82 Å². The summed E-state index contributed by atoms with van der Waals surface area (Å²) in [4.78, 5) is 0. The summed E-state index contributed by atoms with van der Waals surface area (Å²) < 4.78 is 33.7. The van der Waals surface area contributed by atoms with Gasteiger partial charge in [-0.2, -0.15) is 0 Å². The fourth-order valence-corrected chi connectivity index (χ4v) is 3.78. The second kappa shape index (κ2) is 7.82. The summed E-state index contributed by atoms with van der Waals surface area (Å²) in [5.41, 5.74) is 1.10. The molecule has 22 heavy (non-hydrogen) atoms. The molecule has 6 heteroatoms. The van der Waals surface area contributed by atoms with E-state index in [-0.39, 0.29) is 19.1 Å². The molecule has 1 aromatic rings. The summed E-state index contributed by atoms with van der Waals surface area (Å²) in [5, 5.41) is 0. The number of phosphoric acid groups is 1. The Morgan fingerprint density at radius 2 is 1.86 bits per heavy atom. The molecular weight excluding hydrogens is 303 g/mol. The van der Waals surface area contributed by atoms with Crippen molar-refractivity contribution >= 4 is 7.82 Å². The van der Waals surface area contributed by atoms with Gasteiger partial charge >= 0.3 is 7.82 Å². The third-order valence-electron chi connectivity index (χ3n) is 3.43. The lowest BCUT2D eigenvalue weighted by Gasteiger charge is -2.17. The van der Waals surface area contributed by atoms with Gasteiger partial charge in [0, 0.05) is 17.9 Å². The van der Waals surface area contributed by atoms with Gasteiger partial charge in [-0.05, 0) is 32.4 Å². The molecule has 1 unspecified atom stereocenters. The number of hydrogen-bond donors (Lipinski definition) is 0. The molecule has 0 saturated heterocycles. The maximum Gasteiger partial charge on any atom is 0.529 e. The average molecular weight is 326 g/mol. The summed E-state index contributed by atoms with van der Waals surface area (Å²) in [7, 11) is -1.84. The van der Waals surface area contributed by atoms with E-state index in [0.29, 0.717) is 12.2 Å². The highest BCUT2D eigenvalue weighted by Crippen LogP contribution is 2.53. The number of hydrogen-bond acceptors (Lipinski definition) is 5. The SMILES string of the molecule is CCOP(=O)(OCC)OC1=CC(c2ccccc2OC)CC1. The maximum atomic E-state index is 12.4. The quantitative estimate of drug-likeness (QED) is 0.651. The molecule has 0 aliphatic heterocycles. The number of para-hydroxylation sites is 1. The minimum absolute atomic E-state index is 0.183. The zero-order chi connectivity index (χ0) is 16.0. The van der Waals surface area contributed by atoms with Gasteiger partial charge in [0.15, 0.2) is 0 Å². The van der Waals surface area contributed by atoms with Gasteiger partial charge in [0.05, 0.1) is 20.3 Å². The molecule has 1 aliphatic rings. The van der Waals surface area contributed by atoms with Crippen LogP contribution >= 0.6 is 7.82 Å². The smallest absolute Gasteiger partial charge is 0.496 e. The van der Waals surface area contributed by atoms with E-state index >= 15 is 0 Å². The number of methoxy groups -OCH3 is 1. The highest BCUT2D eigenvalue weighted by molar-refractivity contribution is 7.48. The van der Waals surface area contributed by atoms with E-state index in [2.05, 4.69) is 0 Å². The topological polar surface area (TPSA) is 54.0 Å². The van der Waals surface area contributed by atoms with Gasteiger partial charge < -0.3 is 9.26 Å². The van der Waals surface area contributed by atoms with E-state index in [4.69, 9.17) is 18.3 Å². The molecule has 0 heterocycles. The van der Waals surface area contributed by atoms with Crippen LogP contribution in [0.5, 0.6) is 5.75 Å². The normalized spacial score (nSPS) is 18.1. The van der Waals surface area contributed by atoms with Crippen molar-refractivity contribution in [1.82, 2.24) is 0 Å². The molecule has 1 atom stereocenters. The van der Waals surface area contributed by atoms with Crippen molar-refractivity contribution in [1.29, 1.82) is 0 Å². The fourth-order valence-electron chi connectivity index (χ4n) is 2.53. The van der Waals surface area contributed by atoms with Crippen LogP contribution in [-0.2, 0) is 18.1 Å². The molecule has 1 aliphatic carbocycles. The van der Waals surface area contributed by atoms with E-state index in [1.54, 1.807) is 21.0 Å². The average Bonchev–Trinajstić information content (AvgIpc) is 2.95. The fraction of sp³-hybridized carbons (Fsp3) is 0.500. The molecule has 0 bridgehead atoms. The minimum atomic E-state index is -3.50. The van der Waals surface area contributed by atoms with Crippen LogP contribution in [-0.4, -0.2) is 20.3 Å².